The summed E-state index contributed by atoms with van der Waals surface area (Å²) >= 11 is 0. The molecule has 24 heavy (non-hydrogen) atoms. The second kappa shape index (κ2) is 13.9. The van der Waals surface area contributed by atoms with Crippen molar-refractivity contribution in [1.29, 1.82) is 0 Å². The number of amides is 1. The molecule has 0 heterocycles. The average Bonchev–Trinajstić information content (AvgIpc) is 2.62. The first kappa shape index (κ1) is 20.5. The largest absolute Gasteiger partial charge is 0.494 e. The first-order valence-corrected chi connectivity index (χ1v) is 9.73. The Balaban J connectivity index is 1.98. The van der Waals surface area contributed by atoms with E-state index in [0.717, 1.165) is 18.8 Å². The molecule has 1 aromatic carbocycles. The Bertz CT molecular complexity index is 445. The van der Waals surface area contributed by atoms with Crippen LogP contribution in [0.3, 0.4) is 0 Å². The molecule has 1 amide bonds. The zero-order valence-electron chi connectivity index (χ0n) is 15.6. The molecule has 3 nitrogen and oxygen atoms in total. The highest BCUT2D eigenvalue weighted by atomic mass is 16.5. The van der Waals surface area contributed by atoms with Gasteiger partial charge in [0.1, 0.15) is 5.75 Å². The molecule has 3 heteroatoms. The quantitative estimate of drug-likeness (QED) is 0.441. The Morgan fingerprint density at radius 1 is 0.917 bits per heavy atom. The third kappa shape index (κ3) is 9.59. The van der Waals surface area contributed by atoms with Crippen LogP contribution in [0.25, 0.3) is 0 Å². The second-order valence-corrected chi connectivity index (χ2v) is 6.49. The standard InChI is InChI=1S/C21H35NO2/c1-3-4-5-6-7-8-9-10-11-12-13-17-24-20-16-14-15-19(18-20)21(23)22-2/h14-16,18H,3-13,17H2,1-2H3,(H,22,23). The highest BCUT2D eigenvalue weighted by Crippen LogP contribution is 2.15. The van der Waals surface area contributed by atoms with Gasteiger partial charge in [0.15, 0.2) is 0 Å². The van der Waals surface area contributed by atoms with E-state index in [-0.39, 0.29) is 5.91 Å². The van der Waals surface area contributed by atoms with Crippen LogP contribution in [-0.4, -0.2) is 19.6 Å². The van der Waals surface area contributed by atoms with E-state index in [1.165, 1.54) is 64.2 Å². The van der Waals surface area contributed by atoms with E-state index in [1.54, 1.807) is 19.2 Å². The predicted molar refractivity (Wildman–Crippen MR) is 102 cm³/mol. The summed E-state index contributed by atoms with van der Waals surface area (Å²) in [5.41, 5.74) is 0.647. The van der Waals surface area contributed by atoms with E-state index in [1.807, 2.05) is 12.1 Å². The minimum absolute atomic E-state index is 0.0739. The van der Waals surface area contributed by atoms with Gasteiger partial charge in [0.05, 0.1) is 6.61 Å². The normalized spacial score (nSPS) is 10.6. The van der Waals surface area contributed by atoms with Crippen LogP contribution < -0.4 is 10.1 Å². The van der Waals surface area contributed by atoms with E-state index < -0.39 is 0 Å². The number of hydrogen-bond donors (Lipinski definition) is 1. The van der Waals surface area contributed by atoms with Crippen molar-refractivity contribution in [3.63, 3.8) is 0 Å². The monoisotopic (exact) mass is 333 g/mol. The number of ether oxygens (including phenoxy) is 1. The molecule has 1 aromatic rings. The minimum Gasteiger partial charge on any atom is -0.494 e. The van der Waals surface area contributed by atoms with Gasteiger partial charge in [-0.2, -0.15) is 0 Å². The van der Waals surface area contributed by atoms with Crippen LogP contribution in [0.2, 0.25) is 0 Å². The third-order valence-electron chi connectivity index (χ3n) is 4.34. The highest BCUT2D eigenvalue weighted by Gasteiger charge is 2.03. The summed E-state index contributed by atoms with van der Waals surface area (Å²) in [5.74, 6) is 0.707. The summed E-state index contributed by atoms with van der Waals surface area (Å²) in [5, 5.41) is 2.63. The van der Waals surface area contributed by atoms with Crippen LogP contribution in [0.5, 0.6) is 5.75 Å². The lowest BCUT2D eigenvalue weighted by molar-refractivity contribution is 0.0962. The molecule has 0 saturated carbocycles. The zero-order chi connectivity index (χ0) is 17.5. The van der Waals surface area contributed by atoms with Crippen LogP contribution in [-0.2, 0) is 0 Å². The Hall–Kier alpha value is -1.51. The number of carbonyl (C=O) groups excluding carboxylic acids is 1. The molecule has 0 aliphatic heterocycles. The lowest BCUT2D eigenvalue weighted by Gasteiger charge is -2.08. The summed E-state index contributed by atoms with van der Waals surface area (Å²) in [7, 11) is 1.64. The highest BCUT2D eigenvalue weighted by molar-refractivity contribution is 5.94. The maximum atomic E-state index is 11.6. The molecule has 0 atom stereocenters. The van der Waals surface area contributed by atoms with E-state index >= 15 is 0 Å². The van der Waals surface area contributed by atoms with Crippen molar-refractivity contribution in [3.05, 3.63) is 29.8 Å². The maximum Gasteiger partial charge on any atom is 0.251 e. The average molecular weight is 334 g/mol. The molecular formula is C21H35NO2. The van der Waals surface area contributed by atoms with Crippen LogP contribution in [0.15, 0.2) is 24.3 Å². The van der Waals surface area contributed by atoms with Gasteiger partial charge in [-0.05, 0) is 24.6 Å². The number of hydrogen-bond acceptors (Lipinski definition) is 2. The lowest BCUT2D eigenvalue weighted by atomic mass is 10.1. The molecule has 0 bridgehead atoms. The molecule has 1 rings (SSSR count). The van der Waals surface area contributed by atoms with Crippen molar-refractivity contribution >= 4 is 5.91 Å². The van der Waals surface area contributed by atoms with Crippen LogP contribution in [0, 0.1) is 0 Å². The molecule has 0 fully saturated rings. The van der Waals surface area contributed by atoms with Gasteiger partial charge in [-0.25, -0.2) is 0 Å². The molecule has 0 aromatic heterocycles. The summed E-state index contributed by atoms with van der Waals surface area (Å²) in [6, 6.07) is 7.37. The first-order chi connectivity index (χ1) is 11.8. The molecule has 0 spiro atoms. The van der Waals surface area contributed by atoms with Gasteiger partial charge in [0.2, 0.25) is 0 Å². The van der Waals surface area contributed by atoms with Crippen molar-refractivity contribution in [3.8, 4) is 5.75 Å². The maximum absolute atomic E-state index is 11.6. The van der Waals surface area contributed by atoms with E-state index in [2.05, 4.69) is 12.2 Å². The number of rotatable bonds is 14. The Morgan fingerprint density at radius 3 is 2.08 bits per heavy atom. The van der Waals surface area contributed by atoms with E-state index in [9.17, 15) is 4.79 Å². The zero-order valence-corrected chi connectivity index (χ0v) is 15.6. The summed E-state index contributed by atoms with van der Waals surface area (Å²) in [6.07, 6.45) is 14.7. The van der Waals surface area contributed by atoms with Gasteiger partial charge < -0.3 is 10.1 Å². The summed E-state index contributed by atoms with van der Waals surface area (Å²) in [6.45, 7) is 3.00. The van der Waals surface area contributed by atoms with Gasteiger partial charge in [-0.3, -0.25) is 4.79 Å². The van der Waals surface area contributed by atoms with Crippen molar-refractivity contribution in [2.75, 3.05) is 13.7 Å². The second-order valence-electron chi connectivity index (χ2n) is 6.49. The number of carbonyl (C=O) groups is 1. The fourth-order valence-corrected chi connectivity index (χ4v) is 2.83. The Morgan fingerprint density at radius 2 is 1.50 bits per heavy atom. The topological polar surface area (TPSA) is 38.3 Å². The van der Waals surface area contributed by atoms with E-state index in [0.29, 0.717) is 5.56 Å². The third-order valence-corrected chi connectivity index (χ3v) is 4.34. The van der Waals surface area contributed by atoms with Crippen molar-refractivity contribution < 1.29 is 9.53 Å². The SMILES string of the molecule is CCCCCCCCCCCCCOc1cccc(C(=O)NC)c1. The fraction of sp³-hybridized carbons (Fsp3) is 0.667. The van der Waals surface area contributed by atoms with Crippen LogP contribution in [0.1, 0.15) is 87.9 Å². The molecule has 0 saturated heterocycles. The molecular weight excluding hydrogens is 298 g/mol. The minimum atomic E-state index is -0.0739. The van der Waals surface area contributed by atoms with Gasteiger partial charge in [-0.1, -0.05) is 77.2 Å². The first-order valence-electron chi connectivity index (χ1n) is 9.73. The molecule has 0 aliphatic carbocycles. The Labute approximate surface area is 148 Å². The van der Waals surface area contributed by atoms with Gasteiger partial charge >= 0.3 is 0 Å². The van der Waals surface area contributed by atoms with Crippen LogP contribution in [0.4, 0.5) is 0 Å². The van der Waals surface area contributed by atoms with Gasteiger partial charge in [0.25, 0.3) is 5.91 Å². The molecule has 1 N–H and O–H groups in total. The molecule has 0 aliphatic rings. The lowest BCUT2D eigenvalue weighted by Crippen LogP contribution is -2.17. The van der Waals surface area contributed by atoms with Crippen molar-refractivity contribution in [1.82, 2.24) is 5.32 Å². The molecule has 0 radical (unpaired) electrons. The number of nitrogens with one attached hydrogen (secondary N) is 1. The molecule has 136 valence electrons. The van der Waals surface area contributed by atoms with Gasteiger partial charge in [-0.15, -0.1) is 0 Å². The number of unbranched alkanes of at least 4 members (excludes halogenated alkanes) is 10. The summed E-state index contributed by atoms with van der Waals surface area (Å²) in [4.78, 5) is 11.6. The number of benzene rings is 1. The predicted octanol–water partition coefficient (Wildman–Crippen LogP) is 5.74. The van der Waals surface area contributed by atoms with Crippen LogP contribution >= 0.6 is 0 Å². The van der Waals surface area contributed by atoms with Crippen molar-refractivity contribution in [2.45, 2.75) is 77.6 Å². The van der Waals surface area contributed by atoms with Crippen molar-refractivity contribution in [2.24, 2.45) is 0 Å². The van der Waals surface area contributed by atoms with E-state index in [4.69, 9.17) is 4.74 Å². The molecule has 0 unspecified atom stereocenters. The summed E-state index contributed by atoms with van der Waals surface area (Å²) < 4.78 is 5.74. The smallest absolute Gasteiger partial charge is 0.251 e. The van der Waals surface area contributed by atoms with Gasteiger partial charge in [0, 0.05) is 12.6 Å². The fourth-order valence-electron chi connectivity index (χ4n) is 2.83. The Kier molecular flexibility index (Phi) is 11.9.